The zero-order chi connectivity index (χ0) is 29.4. The van der Waals surface area contributed by atoms with E-state index in [0.29, 0.717) is 24.2 Å². The lowest BCUT2D eigenvalue weighted by molar-refractivity contribution is -0.138. The van der Waals surface area contributed by atoms with E-state index in [-0.39, 0.29) is 45.5 Å². The Morgan fingerprint density at radius 1 is 0.825 bits per heavy atom. The number of ether oxygens (including phenoxy) is 4. The lowest BCUT2D eigenvalue weighted by atomic mass is 10.1. The van der Waals surface area contributed by atoms with Crippen LogP contribution in [0.15, 0.2) is 48.5 Å². The molecule has 3 aromatic rings. The number of benzene rings is 3. The lowest BCUT2D eigenvalue weighted by Gasteiger charge is -2.26. The summed E-state index contributed by atoms with van der Waals surface area (Å²) in [5.41, 5.74) is 13.1. The van der Waals surface area contributed by atoms with E-state index >= 15 is 0 Å². The molecule has 214 valence electrons. The Balaban J connectivity index is 1.85. The summed E-state index contributed by atoms with van der Waals surface area (Å²) < 4.78 is 35.3. The number of hydrogen-bond acceptors (Lipinski definition) is 8. The van der Waals surface area contributed by atoms with Gasteiger partial charge >= 0.3 is 0 Å². The lowest BCUT2D eigenvalue weighted by Crippen LogP contribution is -2.52. The van der Waals surface area contributed by atoms with Crippen LogP contribution in [0.25, 0.3) is 0 Å². The first-order chi connectivity index (χ1) is 19.1. The number of nitrogens with two attached hydrogens (primary N) is 2. The molecule has 0 aromatic heterocycles. The largest absolute Gasteiger partial charge is 0.493 e. The van der Waals surface area contributed by atoms with Crippen molar-refractivity contribution >= 4 is 35.0 Å². The Morgan fingerprint density at radius 3 is 1.73 bits per heavy atom. The van der Waals surface area contributed by atoms with E-state index in [9.17, 15) is 19.1 Å². The molecule has 6 N–H and O–H groups in total. The predicted octanol–water partition coefficient (Wildman–Crippen LogP) is 3.10. The first-order valence-corrected chi connectivity index (χ1v) is 12.5. The summed E-state index contributed by atoms with van der Waals surface area (Å²) in [6.45, 7) is 0.492. The highest BCUT2D eigenvalue weighted by Gasteiger charge is 2.38. The quantitative estimate of drug-likeness (QED) is 0.221. The van der Waals surface area contributed by atoms with Gasteiger partial charge in [-0.3, -0.25) is 9.59 Å². The molecule has 40 heavy (non-hydrogen) atoms. The van der Waals surface area contributed by atoms with Crippen LogP contribution in [0.5, 0.6) is 23.0 Å². The van der Waals surface area contributed by atoms with E-state index in [4.69, 9.17) is 53.6 Å². The molecule has 2 amide bonds. The minimum absolute atomic E-state index is 0.0222. The van der Waals surface area contributed by atoms with Crippen molar-refractivity contribution in [1.29, 1.82) is 0 Å². The van der Waals surface area contributed by atoms with Gasteiger partial charge in [-0.15, -0.1) is 0 Å². The number of primary amides is 2. The number of halogens is 3. The van der Waals surface area contributed by atoms with Gasteiger partial charge in [0.2, 0.25) is 12.2 Å². The maximum absolute atomic E-state index is 13.1. The predicted molar refractivity (Wildman–Crippen MR) is 146 cm³/mol. The van der Waals surface area contributed by atoms with Crippen molar-refractivity contribution in [3.05, 3.63) is 81.1 Å². The third-order valence-electron chi connectivity index (χ3n) is 5.66. The molecule has 0 radical (unpaired) electrons. The number of methoxy groups -OCH3 is 2. The zero-order valence-electron chi connectivity index (χ0n) is 21.6. The molecule has 0 heterocycles. The van der Waals surface area contributed by atoms with Gasteiger partial charge in [-0.2, -0.15) is 0 Å². The molecule has 2 unspecified atom stereocenters. The number of carbonyl (C=O) groups excluding carboxylic acids is 2. The number of nitrogens with one attached hydrogen (secondary N) is 1. The third-order valence-corrected chi connectivity index (χ3v) is 6.22. The summed E-state index contributed by atoms with van der Waals surface area (Å²) in [5, 5.41) is 12.7. The van der Waals surface area contributed by atoms with Crippen LogP contribution in [0.1, 0.15) is 16.7 Å². The second-order valence-corrected chi connectivity index (χ2v) is 9.30. The molecule has 0 aliphatic carbocycles. The van der Waals surface area contributed by atoms with Gasteiger partial charge in [-0.05, 0) is 53.1 Å². The van der Waals surface area contributed by atoms with Crippen molar-refractivity contribution < 1.29 is 38.0 Å². The molecule has 0 saturated carbocycles. The van der Waals surface area contributed by atoms with Crippen LogP contribution in [0.3, 0.4) is 0 Å². The van der Waals surface area contributed by atoms with Gasteiger partial charge < -0.3 is 40.8 Å². The highest BCUT2D eigenvalue weighted by atomic mass is 35.5. The van der Waals surface area contributed by atoms with Crippen LogP contribution < -0.4 is 35.7 Å². The average Bonchev–Trinajstić information content (AvgIpc) is 2.92. The van der Waals surface area contributed by atoms with Crippen molar-refractivity contribution in [2.45, 2.75) is 31.9 Å². The molecule has 13 heteroatoms. The molecule has 3 aromatic carbocycles. The average molecular weight is 596 g/mol. The Bertz CT molecular complexity index is 1360. The maximum atomic E-state index is 13.1. The van der Waals surface area contributed by atoms with Gasteiger partial charge in [0.05, 0.1) is 30.9 Å². The highest BCUT2D eigenvalue weighted by molar-refractivity contribution is 6.32. The third kappa shape index (κ3) is 7.66. The number of aliphatic hydroxyl groups is 1. The molecule has 3 rings (SSSR count). The van der Waals surface area contributed by atoms with E-state index in [1.165, 1.54) is 38.5 Å². The Kier molecular flexibility index (Phi) is 10.8. The minimum Gasteiger partial charge on any atom is -0.493 e. The number of aliphatic hydroxyl groups excluding tert-OH is 1. The summed E-state index contributed by atoms with van der Waals surface area (Å²) in [5.74, 6) is -2.50. The van der Waals surface area contributed by atoms with Crippen molar-refractivity contribution in [2.24, 2.45) is 11.5 Å². The number of amides is 2. The molecule has 0 aliphatic heterocycles. The van der Waals surface area contributed by atoms with Crippen LogP contribution in [0.4, 0.5) is 4.39 Å². The Hall–Kier alpha value is -3.77. The Labute approximate surface area is 239 Å². The van der Waals surface area contributed by atoms with Gasteiger partial charge in [0.25, 0.3) is 11.8 Å². The van der Waals surface area contributed by atoms with Crippen LogP contribution >= 0.6 is 23.2 Å². The summed E-state index contributed by atoms with van der Waals surface area (Å²) in [4.78, 5) is 24.9. The van der Waals surface area contributed by atoms with Crippen LogP contribution in [0.2, 0.25) is 10.0 Å². The zero-order valence-corrected chi connectivity index (χ0v) is 23.1. The fourth-order valence-corrected chi connectivity index (χ4v) is 4.27. The molecule has 0 bridgehead atoms. The second kappa shape index (κ2) is 14.0. The van der Waals surface area contributed by atoms with E-state index in [2.05, 4.69) is 5.32 Å². The van der Waals surface area contributed by atoms with Gasteiger partial charge in [0, 0.05) is 13.1 Å². The molecular formula is C27H28Cl2FN3O7. The van der Waals surface area contributed by atoms with Gasteiger partial charge in [0.1, 0.15) is 5.82 Å². The molecule has 0 spiro atoms. The van der Waals surface area contributed by atoms with Gasteiger partial charge in [0.15, 0.2) is 23.0 Å². The van der Waals surface area contributed by atoms with E-state index < -0.39 is 24.0 Å². The normalized spacial score (nSPS) is 12.3. The molecule has 0 aliphatic rings. The maximum Gasteiger partial charge on any atom is 0.263 e. The van der Waals surface area contributed by atoms with Crippen molar-refractivity contribution in [3.8, 4) is 23.0 Å². The summed E-state index contributed by atoms with van der Waals surface area (Å²) in [6, 6.07) is 12.1. The minimum atomic E-state index is -1.76. The SMILES string of the molecule is COc1cc(CO)cc(Cl)c1OC(C(N)=O)C(Oc1c(Cl)cc(CNCc2ccc(F)cc2)cc1OC)C(N)=O. The molecule has 10 nitrogen and oxygen atoms in total. The molecule has 2 atom stereocenters. The fraction of sp³-hybridized carbons (Fsp3) is 0.259. The second-order valence-electron chi connectivity index (χ2n) is 8.49. The van der Waals surface area contributed by atoms with Gasteiger partial charge in [-0.1, -0.05) is 35.3 Å². The number of carbonyl (C=O) groups is 2. The topological polar surface area (TPSA) is 155 Å². The van der Waals surface area contributed by atoms with Crippen LogP contribution in [0, 0.1) is 5.82 Å². The fourth-order valence-electron chi connectivity index (χ4n) is 3.71. The standard InChI is InChI=1S/C27H28Cl2FN3O7/c1-37-20-9-15(12-33-11-14-3-5-17(30)6-4-14)7-18(28)22(20)39-24(26(31)35)25(27(32)36)40-23-19(29)8-16(13-34)10-21(23)38-2/h3-10,24-25,33-34H,11-13H2,1-2H3,(H2,31,35)(H2,32,36). The number of rotatable bonds is 14. The first-order valence-electron chi connectivity index (χ1n) is 11.8. The summed E-state index contributed by atoms with van der Waals surface area (Å²) in [6.07, 6.45) is -3.52. The number of hydrogen-bond donors (Lipinski definition) is 4. The van der Waals surface area contributed by atoms with E-state index in [0.717, 1.165) is 5.56 Å². The van der Waals surface area contributed by atoms with Crippen molar-refractivity contribution in [3.63, 3.8) is 0 Å². The summed E-state index contributed by atoms with van der Waals surface area (Å²) in [7, 11) is 2.69. The van der Waals surface area contributed by atoms with Crippen molar-refractivity contribution in [1.82, 2.24) is 5.32 Å². The first kappa shape index (κ1) is 30.8. The molecule has 0 fully saturated rings. The van der Waals surface area contributed by atoms with Crippen LogP contribution in [-0.4, -0.2) is 43.3 Å². The molecule has 0 saturated heterocycles. The van der Waals surface area contributed by atoms with E-state index in [1.807, 2.05) is 0 Å². The highest BCUT2D eigenvalue weighted by Crippen LogP contribution is 2.40. The van der Waals surface area contributed by atoms with Crippen LogP contribution in [-0.2, 0) is 29.3 Å². The smallest absolute Gasteiger partial charge is 0.263 e. The summed E-state index contributed by atoms with van der Waals surface area (Å²) >= 11 is 12.8. The van der Waals surface area contributed by atoms with Gasteiger partial charge in [-0.25, -0.2) is 4.39 Å². The van der Waals surface area contributed by atoms with E-state index in [1.54, 1.807) is 24.3 Å². The van der Waals surface area contributed by atoms with Crippen molar-refractivity contribution in [2.75, 3.05) is 14.2 Å². The molecular weight excluding hydrogens is 568 g/mol. The Morgan fingerprint density at radius 2 is 1.27 bits per heavy atom. The monoisotopic (exact) mass is 595 g/mol.